The highest BCUT2D eigenvalue weighted by molar-refractivity contribution is 5.93. The van der Waals surface area contributed by atoms with Gasteiger partial charge in [0, 0.05) is 50.5 Å². The van der Waals surface area contributed by atoms with Gasteiger partial charge in [-0.05, 0) is 30.2 Å². The molecular weight excluding hydrogens is 485 g/mol. The van der Waals surface area contributed by atoms with Crippen molar-refractivity contribution in [2.24, 2.45) is 0 Å². The maximum Gasteiger partial charge on any atom is 0.257 e. The molecule has 12 heteroatoms. The lowest BCUT2D eigenvalue weighted by Gasteiger charge is -2.40. The molecule has 36 heavy (non-hydrogen) atoms. The number of amides is 1. The molecule has 3 aromatic rings. The lowest BCUT2D eigenvalue weighted by molar-refractivity contribution is -0.605. The molecule has 2 atom stereocenters. The van der Waals surface area contributed by atoms with Crippen molar-refractivity contribution in [2.45, 2.75) is 44.4 Å². The van der Waals surface area contributed by atoms with Crippen LogP contribution in [0, 0.1) is 16.8 Å². The molecule has 3 heterocycles. The van der Waals surface area contributed by atoms with E-state index in [9.17, 15) is 32.0 Å². The number of hydrogen-bond donors (Lipinski definition) is 1. The fourth-order valence-electron chi connectivity index (χ4n) is 4.34. The number of halogens is 5. The first-order valence-electron chi connectivity index (χ1n) is 11.2. The highest BCUT2D eigenvalue weighted by Gasteiger charge is 2.46. The molecule has 1 aliphatic heterocycles. The molecule has 4 rings (SSSR count). The molecule has 0 saturated carbocycles. The first-order valence-corrected chi connectivity index (χ1v) is 11.2. The number of hydrogen-bond acceptors (Lipinski definition) is 4. The van der Waals surface area contributed by atoms with Crippen molar-refractivity contribution in [3.63, 3.8) is 0 Å². The summed E-state index contributed by atoms with van der Waals surface area (Å²) >= 11 is 0. The number of benzene rings is 1. The van der Waals surface area contributed by atoms with E-state index in [1.807, 2.05) is 0 Å². The summed E-state index contributed by atoms with van der Waals surface area (Å²) in [7, 11) is 0. The molecule has 1 amide bonds. The highest BCUT2D eigenvalue weighted by Crippen LogP contribution is 2.40. The lowest BCUT2D eigenvalue weighted by atomic mass is 9.87. The van der Waals surface area contributed by atoms with E-state index in [-0.39, 0.29) is 36.8 Å². The van der Waals surface area contributed by atoms with Gasteiger partial charge in [-0.3, -0.25) is 9.69 Å². The number of anilines is 1. The third-order valence-corrected chi connectivity index (χ3v) is 6.32. The summed E-state index contributed by atoms with van der Waals surface area (Å²) in [5, 5.41) is 13.8. The number of likely N-dealkylation sites (tertiary alicyclic amines) is 1. The number of carbonyl (C=O) groups is 1. The zero-order chi connectivity index (χ0) is 26.0. The summed E-state index contributed by atoms with van der Waals surface area (Å²) in [5.41, 5.74) is 0.541. The predicted molar refractivity (Wildman–Crippen MR) is 120 cm³/mol. The molecule has 1 fully saturated rings. The molecule has 0 spiro atoms. The van der Waals surface area contributed by atoms with Gasteiger partial charge in [0.2, 0.25) is 5.91 Å². The minimum Gasteiger partial charge on any atom is -0.619 e. The summed E-state index contributed by atoms with van der Waals surface area (Å²) in [6, 6.07) is 4.81. The van der Waals surface area contributed by atoms with Gasteiger partial charge in [-0.1, -0.05) is 0 Å². The minimum atomic E-state index is -3.01. The van der Waals surface area contributed by atoms with Crippen molar-refractivity contribution in [2.75, 3.05) is 18.4 Å². The number of imidazole rings is 1. The number of pyridine rings is 1. The first-order chi connectivity index (χ1) is 17.1. The zero-order valence-corrected chi connectivity index (χ0v) is 19.3. The topological polar surface area (TPSA) is 77.1 Å². The molecule has 192 valence electrons. The van der Waals surface area contributed by atoms with Crippen molar-refractivity contribution in [3.8, 4) is 0 Å². The zero-order valence-electron chi connectivity index (χ0n) is 19.3. The Labute approximate surface area is 203 Å². The van der Waals surface area contributed by atoms with Crippen LogP contribution >= 0.6 is 0 Å². The standard InChI is InChI=1S/C24H24F5N5O2/c1-15(32-7-4-24(28,29)20(13-32)17-2-5-34(36)6-3-17)23(35)31-21-14-33(22(11-25)30-21)12-16-8-18(26)10-19(27)9-16/h2-3,5-6,8-10,14-15,20H,4,7,11-13H2,1H3,(H,31,35)/t15-,20+/m0/s1. The number of aromatic nitrogens is 3. The summed E-state index contributed by atoms with van der Waals surface area (Å²) in [6.07, 6.45) is 3.18. The number of piperidine rings is 1. The smallest absolute Gasteiger partial charge is 0.257 e. The van der Waals surface area contributed by atoms with Gasteiger partial charge in [-0.15, -0.1) is 0 Å². The molecule has 1 N–H and O–H groups in total. The van der Waals surface area contributed by atoms with E-state index in [0.29, 0.717) is 10.3 Å². The first kappa shape index (κ1) is 25.5. The molecular formula is C24H24F5N5O2. The second-order valence-electron chi connectivity index (χ2n) is 8.80. The van der Waals surface area contributed by atoms with E-state index in [2.05, 4.69) is 10.3 Å². The van der Waals surface area contributed by atoms with Gasteiger partial charge in [0.05, 0.1) is 12.0 Å². The van der Waals surface area contributed by atoms with Crippen molar-refractivity contribution >= 4 is 11.7 Å². The average Bonchev–Trinajstić information content (AvgIpc) is 3.19. The molecule has 1 aromatic carbocycles. The number of nitrogens with one attached hydrogen (secondary N) is 1. The van der Waals surface area contributed by atoms with Crippen LogP contribution in [0.5, 0.6) is 0 Å². The average molecular weight is 509 g/mol. The Kier molecular flexibility index (Phi) is 7.25. The van der Waals surface area contributed by atoms with Crippen molar-refractivity contribution in [1.82, 2.24) is 14.5 Å². The Morgan fingerprint density at radius 3 is 2.56 bits per heavy atom. The number of carbonyl (C=O) groups excluding carboxylic acids is 1. The van der Waals surface area contributed by atoms with E-state index in [4.69, 9.17) is 0 Å². The molecule has 0 unspecified atom stereocenters. The van der Waals surface area contributed by atoms with Crippen LogP contribution in [0.1, 0.15) is 36.2 Å². The summed E-state index contributed by atoms with van der Waals surface area (Å²) in [4.78, 5) is 18.5. The van der Waals surface area contributed by atoms with Crippen LogP contribution in [0.3, 0.4) is 0 Å². The summed E-state index contributed by atoms with van der Waals surface area (Å²) < 4.78 is 71.6. The van der Waals surface area contributed by atoms with E-state index in [0.717, 1.165) is 30.6 Å². The van der Waals surface area contributed by atoms with Crippen LogP contribution in [-0.4, -0.2) is 45.4 Å². The predicted octanol–water partition coefficient (Wildman–Crippen LogP) is 3.76. The Hall–Kier alpha value is -3.54. The van der Waals surface area contributed by atoms with Gasteiger partial charge in [0.1, 0.15) is 24.1 Å². The quantitative estimate of drug-likeness (QED) is 0.299. The van der Waals surface area contributed by atoms with E-state index in [1.54, 1.807) is 11.8 Å². The Balaban J connectivity index is 1.46. The van der Waals surface area contributed by atoms with Crippen LogP contribution in [0.2, 0.25) is 0 Å². The van der Waals surface area contributed by atoms with Crippen LogP contribution in [0.25, 0.3) is 0 Å². The van der Waals surface area contributed by atoms with E-state index >= 15 is 0 Å². The van der Waals surface area contributed by atoms with Crippen LogP contribution in [-0.2, 0) is 18.0 Å². The maximum absolute atomic E-state index is 14.6. The normalized spacial score (nSPS) is 18.7. The minimum absolute atomic E-state index is 0.0260. The molecule has 0 bridgehead atoms. The molecule has 7 nitrogen and oxygen atoms in total. The summed E-state index contributed by atoms with van der Waals surface area (Å²) in [5.74, 6) is -6.32. The highest BCUT2D eigenvalue weighted by atomic mass is 19.3. The molecule has 2 aromatic heterocycles. The Morgan fingerprint density at radius 1 is 1.25 bits per heavy atom. The molecule has 0 radical (unpaired) electrons. The van der Waals surface area contributed by atoms with Gasteiger partial charge in [0.25, 0.3) is 5.92 Å². The van der Waals surface area contributed by atoms with Gasteiger partial charge >= 0.3 is 0 Å². The number of nitrogens with zero attached hydrogens (tertiary/aromatic N) is 4. The Bertz CT molecular complexity index is 1210. The van der Waals surface area contributed by atoms with Crippen molar-refractivity contribution in [3.05, 3.63) is 82.7 Å². The van der Waals surface area contributed by atoms with Gasteiger partial charge in [-0.2, -0.15) is 4.73 Å². The second-order valence-corrected chi connectivity index (χ2v) is 8.80. The third-order valence-electron chi connectivity index (χ3n) is 6.32. The van der Waals surface area contributed by atoms with Crippen LogP contribution in [0.4, 0.5) is 27.8 Å². The molecule has 0 aliphatic carbocycles. The van der Waals surface area contributed by atoms with Crippen molar-refractivity contribution in [1.29, 1.82) is 0 Å². The number of rotatable bonds is 7. The maximum atomic E-state index is 14.6. The lowest BCUT2D eigenvalue weighted by Crippen LogP contribution is -2.52. The van der Waals surface area contributed by atoms with Gasteiger partial charge < -0.3 is 15.1 Å². The SMILES string of the molecule is C[C@@H](C(=O)Nc1cn(Cc2cc(F)cc(F)c2)c(CF)n1)N1CCC(F)(F)[C@@H](c2cc[n+]([O-])cc2)C1. The largest absolute Gasteiger partial charge is 0.619 e. The molecule has 1 aliphatic rings. The van der Waals surface area contributed by atoms with E-state index < -0.39 is 48.5 Å². The second kappa shape index (κ2) is 10.2. The van der Waals surface area contributed by atoms with Crippen LogP contribution < -0.4 is 10.0 Å². The fraction of sp³-hybridized carbons (Fsp3) is 0.375. The van der Waals surface area contributed by atoms with E-state index in [1.165, 1.54) is 22.9 Å². The monoisotopic (exact) mass is 509 g/mol. The van der Waals surface area contributed by atoms with Gasteiger partial charge in [0.15, 0.2) is 18.2 Å². The number of alkyl halides is 3. The summed E-state index contributed by atoms with van der Waals surface area (Å²) in [6.45, 7) is 0.374. The van der Waals surface area contributed by atoms with Gasteiger partial charge in [-0.25, -0.2) is 26.9 Å². The Morgan fingerprint density at radius 2 is 1.92 bits per heavy atom. The fourth-order valence-corrected chi connectivity index (χ4v) is 4.34. The molecule has 1 saturated heterocycles. The third kappa shape index (κ3) is 5.64. The van der Waals surface area contributed by atoms with Crippen LogP contribution in [0.15, 0.2) is 48.9 Å². The van der Waals surface area contributed by atoms with Crippen molar-refractivity contribution < 1.29 is 31.5 Å².